The van der Waals surface area contributed by atoms with Gasteiger partial charge < -0.3 is 15.4 Å². The summed E-state index contributed by atoms with van der Waals surface area (Å²) in [5.74, 6) is 0.0294. The van der Waals surface area contributed by atoms with E-state index in [9.17, 15) is 4.79 Å². The quantitative estimate of drug-likeness (QED) is 0.775. The first kappa shape index (κ1) is 18.9. The molecule has 1 amide bonds. The number of carbonyl (C=O) groups excluding carboxylic acids is 1. The number of carbonyl (C=O) groups is 1. The number of nitrogens with two attached hydrogens (primary N) is 1. The van der Waals surface area contributed by atoms with Crippen molar-refractivity contribution in [1.29, 1.82) is 0 Å². The van der Waals surface area contributed by atoms with Gasteiger partial charge in [0.2, 0.25) is 5.91 Å². The maximum absolute atomic E-state index is 12.8. The van der Waals surface area contributed by atoms with Crippen molar-refractivity contribution in [1.82, 2.24) is 9.80 Å². The normalized spacial score (nSPS) is 20.2. The van der Waals surface area contributed by atoms with Gasteiger partial charge in [-0.3, -0.25) is 9.69 Å². The van der Waals surface area contributed by atoms with Crippen LogP contribution in [0.5, 0.6) is 0 Å². The van der Waals surface area contributed by atoms with Crippen LogP contribution in [-0.4, -0.2) is 61.1 Å². The number of aryl methyl sites for hydroxylation is 1. The van der Waals surface area contributed by atoms with Crippen molar-refractivity contribution >= 4 is 5.91 Å². The lowest BCUT2D eigenvalue weighted by Gasteiger charge is -2.41. The van der Waals surface area contributed by atoms with E-state index in [2.05, 4.69) is 11.8 Å². The summed E-state index contributed by atoms with van der Waals surface area (Å²) in [5.41, 5.74) is 8.27. The Balaban J connectivity index is 1.94. The predicted molar refractivity (Wildman–Crippen MR) is 96.8 cm³/mol. The minimum atomic E-state index is -0.571. The Labute approximate surface area is 145 Å². The smallest absolute Gasteiger partial charge is 0.244 e. The Kier molecular flexibility index (Phi) is 7.21. The van der Waals surface area contributed by atoms with Crippen LogP contribution in [0, 0.1) is 6.92 Å². The molecule has 0 spiro atoms. The molecule has 1 aliphatic heterocycles. The van der Waals surface area contributed by atoms with Crippen LogP contribution in [0.3, 0.4) is 0 Å². The van der Waals surface area contributed by atoms with Gasteiger partial charge in [0.1, 0.15) is 6.04 Å². The Bertz CT molecular complexity index is 518. The summed E-state index contributed by atoms with van der Waals surface area (Å²) in [7, 11) is 0. The number of amides is 1. The molecule has 2 atom stereocenters. The average molecular weight is 333 g/mol. The van der Waals surface area contributed by atoms with E-state index in [1.54, 1.807) is 0 Å². The van der Waals surface area contributed by atoms with Crippen LogP contribution >= 0.6 is 0 Å². The van der Waals surface area contributed by atoms with Gasteiger partial charge in [0.25, 0.3) is 0 Å². The first-order valence-corrected chi connectivity index (χ1v) is 8.99. The van der Waals surface area contributed by atoms with Gasteiger partial charge in [0.15, 0.2) is 0 Å². The first-order chi connectivity index (χ1) is 11.6. The molecule has 0 bridgehead atoms. The molecule has 24 heavy (non-hydrogen) atoms. The van der Waals surface area contributed by atoms with E-state index in [4.69, 9.17) is 10.5 Å². The molecule has 1 aliphatic rings. The highest BCUT2D eigenvalue weighted by Gasteiger charge is 2.30. The summed E-state index contributed by atoms with van der Waals surface area (Å²) in [4.78, 5) is 17.1. The molecule has 1 aromatic carbocycles. The van der Waals surface area contributed by atoms with Gasteiger partial charge in [-0.2, -0.15) is 0 Å². The summed E-state index contributed by atoms with van der Waals surface area (Å²) >= 11 is 0. The van der Waals surface area contributed by atoms with E-state index < -0.39 is 6.04 Å². The summed E-state index contributed by atoms with van der Waals surface area (Å²) < 4.78 is 5.47. The molecule has 1 heterocycles. The number of benzene rings is 1. The van der Waals surface area contributed by atoms with Gasteiger partial charge in [-0.05, 0) is 25.8 Å². The Hall–Kier alpha value is -1.43. The van der Waals surface area contributed by atoms with Crippen LogP contribution in [0.15, 0.2) is 24.3 Å². The van der Waals surface area contributed by atoms with Crippen LogP contribution in [0.4, 0.5) is 0 Å². The zero-order chi connectivity index (χ0) is 17.5. The second-order valence-corrected chi connectivity index (χ2v) is 6.47. The minimum Gasteiger partial charge on any atom is -0.380 e. The largest absolute Gasteiger partial charge is 0.380 e. The fourth-order valence-corrected chi connectivity index (χ4v) is 3.21. The third-order valence-corrected chi connectivity index (χ3v) is 4.82. The molecule has 1 saturated heterocycles. The molecular weight excluding hydrogens is 302 g/mol. The summed E-state index contributed by atoms with van der Waals surface area (Å²) in [6, 6.07) is 7.72. The first-order valence-electron chi connectivity index (χ1n) is 8.99. The molecule has 134 valence electrons. The van der Waals surface area contributed by atoms with Gasteiger partial charge in [0, 0.05) is 38.8 Å². The number of ether oxygens (including phenoxy) is 1. The molecule has 2 rings (SSSR count). The molecule has 0 aromatic heterocycles. The van der Waals surface area contributed by atoms with E-state index in [1.807, 2.05) is 43.0 Å². The van der Waals surface area contributed by atoms with Crippen molar-refractivity contribution in [2.75, 3.05) is 39.4 Å². The van der Waals surface area contributed by atoms with Crippen LogP contribution in [-0.2, 0) is 9.53 Å². The van der Waals surface area contributed by atoms with Crippen LogP contribution in [0.2, 0.25) is 0 Å². The topological polar surface area (TPSA) is 58.8 Å². The second kappa shape index (κ2) is 9.16. The fraction of sp³-hybridized carbons (Fsp3) is 0.632. The van der Waals surface area contributed by atoms with E-state index >= 15 is 0 Å². The van der Waals surface area contributed by atoms with Crippen molar-refractivity contribution in [3.05, 3.63) is 35.4 Å². The van der Waals surface area contributed by atoms with Crippen LogP contribution in [0.1, 0.15) is 37.4 Å². The second-order valence-electron chi connectivity index (χ2n) is 6.47. The highest BCUT2D eigenvalue weighted by Crippen LogP contribution is 2.18. The van der Waals surface area contributed by atoms with Gasteiger partial charge in [-0.15, -0.1) is 0 Å². The third kappa shape index (κ3) is 4.79. The molecule has 2 N–H and O–H groups in total. The highest BCUT2D eigenvalue weighted by atomic mass is 16.5. The lowest BCUT2D eigenvalue weighted by Crippen LogP contribution is -2.56. The Morgan fingerprint density at radius 3 is 2.62 bits per heavy atom. The summed E-state index contributed by atoms with van der Waals surface area (Å²) in [6.45, 7) is 11.0. The number of hydrogen-bond acceptors (Lipinski definition) is 4. The molecule has 5 heteroatoms. The van der Waals surface area contributed by atoms with Crippen molar-refractivity contribution in [3.8, 4) is 0 Å². The molecule has 0 aliphatic carbocycles. The number of piperazine rings is 1. The van der Waals surface area contributed by atoms with Gasteiger partial charge in [-0.25, -0.2) is 0 Å². The van der Waals surface area contributed by atoms with Gasteiger partial charge >= 0.3 is 0 Å². The summed E-state index contributed by atoms with van der Waals surface area (Å²) in [5, 5.41) is 0. The standard InChI is InChI=1S/C19H31N3O2/c1-4-17-14-22(11-10-21(17)12-13-24-5-2)19(23)18(20)16-8-6-15(3)7-9-16/h6-9,17-18H,4-5,10-14,20H2,1-3H3. The molecule has 1 fully saturated rings. The van der Waals surface area contributed by atoms with Crippen molar-refractivity contribution in [2.24, 2.45) is 5.73 Å². The summed E-state index contributed by atoms with van der Waals surface area (Å²) in [6.07, 6.45) is 1.02. The Morgan fingerprint density at radius 1 is 1.29 bits per heavy atom. The van der Waals surface area contributed by atoms with Crippen molar-refractivity contribution in [3.63, 3.8) is 0 Å². The number of rotatable bonds is 7. The molecule has 0 saturated carbocycles. The molecule has 0 radical (unpaired) electrons. The lowest BCUT2D eigenvalue weighted by atomic mass is 10.0. The predicted octanol–water partition coefficient (Wildman–Crippen LogP) is 1.95. The maximum Gasteiger partial charge on any atom is 0.244 e. The third-order valence-electron chi connectivity index (χ3n) is 4.82. The fourth-order valence-electron chi connectivity index (χ4n) is 3.21. The van der Waals surface area contributed by atoms with Crippen molar-refractivity contribution in [2.45, 2.75) is 39.3 Å². The number of nitrogens with zero attached hydrogens (tertiary/aromatic N) is 2. The van der Waals surface area contributed by atoms with Gasteiger partial charge in [0.05, 0.1) is 6.61 Å². The van der Waals surface area contributed by atoms with E-state index in [1.165, 1.54) is 5.56 Å². The number of hydrogen-bond donors (Lipinski definition) is 1. The van der Waals surface area contributed by atoms with Crippen molar-refractivity contribution < 1.29 is 9.53 Å². The Morgan fingerprint density at radius 2 is 2.00 bits per heavy atom. The van der Waals surface area contributed by atoms with E-state index in [0.29, 0.717) is 6.04 Å². The molecule has 5 nitrogen and oxygen atoms in total. The molecule has 2 unspecified atom stereocenters. The lowest BCUT2D eigenvalue weighted by molar-refractivity contribution is -0.136. The zero-order valence-corrected chi connectivity index (χ0v) is 15.2. The van der Waals surface area contributed by atoms with Crippen LogP contribution in [0.25, 0.3) is 0 Å². The average Bonchev–Trinajstić information content (AvgIpc) is 2.61. The van der Waals surface area contributed by atoms with E-state index in [-0.39, 0.29) is 5.91 Å². The monoisotopic (exact) mass is 333 g/mol. The zero-order valence-electron chi connectivity index (χ0n) is 15.2. The van der Waals surface area contributed by atoms with Crippen LogP contribution < -0.4 is 5.73 Å². The molecular formula is C19H31N3O2. The molecule has 1 aromatic rings. The SMILES string of the molecule is CCOCCN1CCN(C(=O)C(N)c2ccc(C)cc2)CC1CC. The minimum absolute atomic E-state index is 0.0294. The van der Waals surface area contributed by atoms with E-state index in [0.717, 1.165) is 51.4 Å². The maximum atomic E-state index is 12.8. The van der Waals surface area contributed by atoms with Gasteiger partial charge in [-0.1, -0.05) is 36.8 Å². The highest BCUT2D eigenvalue weighted by molar-refractivity contribution is 5.83.